The third-order valence-corrected chi connectivity index (χ3v) is 4.13. The maximum Gasteiger partial charge on any atom is 0.261 e. The summed E-state index contributed by atoms with van der Waals surface area (Å²) < 4.78 is 5.74. The first-order chi connectivity index (χ1) is 12.4. The smallest absolute Gasteiger partial charge is 0.261 e. The number of carbonyl (C=O) groups is 3. The highest BCUT2D eigenvalue weighted by molar-refractivity contribution is 6.21. The molecule has 0 atom stereocenters. The second-order valence-electron chi connectivity index (χ2n) is 6.39. The van der Waals surface area contributed by atoms with Crippen LogP contribution in [0.3, 0.4) is 0 Å². The molecule has 134 valence electrons. The van der Waals surface area contributed by atoms with Crippen LogP contribution in [0.1, 0.15) is 50.5 Å². The SMILES string of the molecule is CC(C)Oc1ccccc1CNC(=O)c1ccc2c(c1)C(=O)N(C)C2=O. The van der Waals surface area contributed by atoms with Crippen LogP contribution >= 0.6 is 0 Å². The normalized spacial score (nSPS) is 13.2. The first kappa shape index (κ1) is 17.7. The molecule has 0 aliphatic carbocycles. The van der Waals surface area contributed by atoms with Gasteiger partial charge in [0.25, 0.3) is 17.7 Å². The van der Waals surface area contributed by atoms with Crippen molar-refractivity contribution in [2.75, 3.05) is 7.05 Å². The van der Waals surface area contributed by atoms with Crippen molar-refractivity contribution in [3.63, 3.8) is 0 Å². The molecule has 1 N–H and O–H groups in total. The van der Waals surface area contributed by atoms with E-state index in [1.54, 1.807) is 6.07 Å². The first-order valence-electron chi connectivity index (χ1n) is 8.37. The molecule has 0 unspecified atom stereocenters. The molecule has 0 aromatic heterocycles. The van der Waals surface area contributed by atoms with Gasteiger partial charge in [-0.2, -0.15) is 0 Å². The van der Waals surface area contributed by atoms with Gasteiger partial charge in [-0.25, -0.2) is 0 Å². The zero-order valence-corrected chi connectivity index (χ0v) is 14.9. The van der Waals surface area contributed by atoms with Crippen LogP contribution in [0.25, 0.3) is 0 Å². The van der Waals surface area contributed by atoms with Gasteiger partial charge in [-0.3, -0.25) is 19.3 Å². The lowest BCUT2D eigenvalue weighted by atomic mass is 10.1. The predicted octanol–water partition coefficient (Wildman–Crippen LogP) is 2.63. The number of fused-ring (bicyclic) bond motifs is 1. The standard InChI is InChI=1S/C20H20N2O4/c1-12(2)26-17-7-5-4-6-14(17)11-21-18(23)13-8-9-15-16(10-13)20(25)22(3)19(15)24/h4-10,12H,11H2,1-3H3,(H,21,23). The van der Waals surface area contributed by atoms with Crippen molar-refractivity contribution >= 4 is 17.7 Å². The van der Waals surface area contributed by atoms with Crippen LogP contribution in [-0.4, -0.2) is 35.8 Å². The molecule has 0 saturated carbocycles. The van der Waals surface area contributed by atoms with E-state index < -0.39 is 5.91 Å². The van der Waals surface area contributed by atoms with Gasteiger partial charge in [0.05, 0.1) is 17.2 Å². The summed E-state index contributed by atoms with van der Waals surface area (Å²) in [6.45, 7) is 4.18. The summed E-state index contributed by atoms with van der Waals surface area (Å²) in [5, 5.41) is 2.83. The van der Waals surface area contributed by atoms with Crippen molar-refractivity contribution in [1.29, 1.82) is 0 Å². The van der Waals surface area contributed by atoms with Gasteiger partial charge in [0.15, 0.2) is 0 Å². The van der Waals surface area contributed by atoms with Crippen molar-refractivity contribution in [3.8, 4) is 5.75 Å². The topological polar surface area (TPSA) is 75.7 Å². The van der Waals surface area contributed by atoms with Crippen LogP contribution in [-0.2, 0) is 6.54 Å². The van der Waals surface area contributed by atoms with Gasteiger partial charge in [-0.05, 0) is 38.1 Å². The minimum Gasteiger partial charge on any atom is -0.491 e. The molecule has 0 radical (unpaired) electrons. The second-order valence-corrected chi connectivity index (χ2v) is 6.39. The summed E-state index contributed by atoms with van der Waals surface area (Å²) in [5.41, 5.74) is 1.78. The van der Waals surface area contributed by atoms with Gasteiger partial charge in [0.2, 0.25) is 0 Å². The highest BCUT2D eigenvalue weighted by atomic mass is 16.5. The van der Waals surface area contributed by atoms with Gasteiger partial charge < -0.3 is 10.1 Å². The number of hydrogen-bond donors (Lipinski definition) is 1. The number of para-hydroxylation sites is 1. The molecule has 2 aromatic carbocycles. The summed E-state index contributed by atoms with van der Waals surface area (Å²) in [6.07, 6.45) is 0.0316. The Morgan fingerprint density at radius 2 is 1.77 bits per heavy atom. The Hall–Kier alpha value is -3.15. The average Bonchev–Trinajstić information content (AvgIpc) is 2.84. The third kappa shape index (κ3) is 3.31. The Morgan fingerprint density at radius 3 is 2.50 bits per heavy atom. The Bertz CT molecular complexity index is 889. The maximum absolute atomic E-state index is 12.5. The number of nitrogens with zero attached hydrogens (tertiary/aromatic N) is 1. The first-order valence-corrected chi connectivity index (χ1v) is 8.37. The van der Waals surface area contributed by atoms with Crippen LogP contribution in [0.5, 0.6) is 5.75 Å². The van der Waals surface area contributed by atoms with Gasteiger partial charge in [0.1, 0.15) is 5.75 Å². The molecule has 1 heterocycles. The molecular formula is C20H20N2O4. The van der Waals surface area contributed by atoms with Crippen LogP contribution < -0.4 is 10.1 Å². The monoisotopic (exact) mass is 352 g/mol. The Labute approximate surface area is 151 Å². The van der Waals surface area contributed by atoms with E-state index in [-0.39, 0.29) is 23.5 Å². The molecule has 6 nitrogen and oxygen atoms in total. The molecule has 6 heteroatoms. The van der Waals surface area contributed by atoms with E-state index >= 15 is 0 Å². The summed E-state index contributed by atoms with van der Waals surface area (Å²) >= 11 is 0. The number of carbonyl (C=O) groups excluding carboxylic acids is 3. The molecule has 3 amide bonds. The molecule has 0 spiro atoms. The van der Waals surface area contributed by atoms with Crippen LogP contribution in [0.4, 0.5) is 0 Å². The lowest BCUT2D eigenvalue weighted by Gasteiger charge is -2.14. The van der Waals surface area contributed by atoms with Gasteiger partial charge in [-0.1, -0.05) is 18.2 Å². The van der Waals surface area contributed by atoms with E-state index in [1.165, 1.54) is 19.2 Å². The molecule has 1 aliphatic heterocycles. The van der Waals surface area contributed by atoms with Crippen LogP contribution in [0.15, 0.2) is 42.5 Å². The second kappa shape index (κ2) is 7.00. The van der Waals surface area contributed by atoms with Crippen molar-refractivity contribution in [1.82, 2.24) is 10.2 Å². The Kier molecular flexibility index (Phi) is 4.75. The molecule has 2 aromatic rings. The minimum atomic E-state index is -0.393. The van der Waals surface area contributed by atoms with Gasteiger partial charge in [0, 0.05) is 24.7 Å². The number of imide groups is 1. The highest BCUT2D eigenvalue weighted by Gasteiger charge is 2.33. The average molecular weight is 352 g/mol. The third-order valence-electron chi connectivity index (χ3n) is 4.13. The predicted molar refractivity (Wildman–Crippen MR) is 96.2 cm³/mol. The van der Waals surface area contributed by atoms with E-state index in [0.717, 1.165) is 16.2 Å². The van der Waals surface area contributed by atoms with E-state index in [0.29, 0.717) is 17.7 Å². The number of rotatable bonds is 5. The lowest BCUT2D eigenvalue weighted by molar-refractivity contribution is 0.0693. The van der Waals surface area contributed by atoms with E-state index in [1.807, 2.05) is 38.1 Å². The zero-order chi connectivity index (χ0) is 18.8. The van der Waals surface area contributed by atoms with Gasteiger partial charge >= 0.3 is 0 Å². The Morgan fingerprint density at radius 1 is 1.08 bits per heavy atom. The molecule has 1 aliphatic rings. The minimum absolute atomic E-state index is 0.0316. The highest BCUT2D eigenvalue weighted by Crippen LogP contribution is 2.23. The van der Waals surface area contributed by atoms with Gasteiger partial charge in [-0.15, -0.1) is 0 Å². The Balaban J connectivity index is 1.75. The summed E-state index contributed by atoms with van der Waals surface area (Å²) in [7, 11) is 1.43. The zero-order valence-electron chi connectivity index (χ0n) is 14.9. The summed E-state index contributed by atoms with van der Waals surface area (Å²) in [5.74, 6) is -0.340. The van der Waals surface area contributed by atoms with E-state index in [4.69, 9.17) is 4.74 Å². The van der Waals surface area contributed by atoms with Crippen molar-refractivity contribution < 1.29 is 19.1 Å². The number of amides is 3. The summed E-state index contributed by atoms with van der Waals surface area (Å²) in [4.78, 5) is 37.5. The fraction of sp³-hybridized carbons (Fsp3) is 0.250. The molecule has 0 bridgehead atoms. The lowest BCUT2D eigenvalue weighted by Crippen LogP contribution is -2.24. The largest absolute Gasteiger partial charge is 0.491 e. The number of ether oxygens (including phenoxy) is 1. The van der Waals surface area contributed by atoms with E-state index in [9.17, 15) is 14.4 Å². The molecule has 0 fully saturated rings. The van der Waals surface area contributed by atoms with E-state index in [2.05, 4.69) is 5.32 Å². The maximum atomic E-state index is 12.5. The number of hydrogen-bond acceptors (Lipinski definition) is 4. The van der Waals surface area contributed by atoms with Crippen LogP contribution in [0, 0.1) is 0 Å². The van der Waals surface area contributed by atoms with Crippen molar-refractivity contribution in [2.45, 2.75) is 26.5 Å². The number of nitrogens with one attached hydrogen (secondary N) is 1. The molecule has 3 rings (SSSR count). The molecule has 26 heavy (non-hydrogen) atoms. The van der Waals surface area contributed by atoms with Crippen LogP contribution in [0.2, 0.25) is 0 Å². The quantitative estimate of drug-likeness (QED) is 0.840. The fourth-order valence-electron chi connectivity index (χ4n) is 2.80. The number of benzene rings is 2. The molecule has 0 saturated heterocycles. The van der Waals surface area contributed by atoms with Crippen molar-refractivity contribution in [2.24, 2.45) is 0 Å². The van der Waals surface area contributed by atoms with Crippen molar-refractivity contribution in [3.05, 3.63) is 64.7 Å². The molecular weight excluding hydrogens is 332 g/mol. The summed E-state index contributed by atoms with van der Waals surface area (Å²) in [6, 6.07) is 12.0. The fourth-order valence-corrected chi connectivity index (χ4v) is 2.80.